The van der Waals surface area contributed by atoms with E-state index in [4.69, 9.17) is 10.00 Å². The second-order valence-corrected chi connectivity index (χ2v) is 5.78. The number of rotatable bonds is 6. The number of nitrogens with zero attached hydrogens (tertiary/aromatic N) is 1. The predicted molar refractivity (Wildman–Crippen MR) is 88.4 cm³/mol. The Kier molecular flexibility index (Phi) is 6.48. The van der Waals surface area contributed by atoms with Crippen LogP contribution in [-0.2, 0) is 9.53 Å². The molecular formula is C17H12F2N2O3S. The Labute approximate surface area is 146 Å². The molecule has 0 aliphatic heterocycles. The maximum Gasteiger partial charge on any atom is 0.338 e. The Morgan fingerprint density at radius 1 is 1.20 bits per heavy atom. The summed E-state index contributed by atoms with van der Waals surface area (Å²) in [5.41, 5.74) is 0.868. The van der Waals surface area contributed by atoms with Gasteiger partial charge in [0.15, 0.2) is 6.61 Å². The fraction of sp³-hybridized carbons (Fsp3) is 0.118. The lowest BCUT2D eigenvalue weighted by Gasteiger charge is -2.07. The molecular weight excluding hydrogens is 350 g/mol. The maximum absolute atomic E-state index is 12.2. The van der Waals surface area contributed by atoms with Crippen LogP contribution >= 0.6 is 11.8 Å². The Bertz CT molecular complexity index is 804. The van der Waals surface area contributed by atoms with E-state index in [0.717, 1.165) is 0 Å². The number of hydrogen-bond donors (Lipinski definition) is 1. The topological polar surface area (TPSA) is 79.2 Å². The highest BCUT2D eigenvalue weighted by Crippen LogP contribution is 2.26. The highest BCUT2D eigenvalue weighted by molar-refractivity contribution is 7.99. The molecule has 0 aromatic heterocycles. The van der Waals surface area contributed by atoms with E-state index >= 15 is 0 Å². The van der Waals surface area contributed by atoms with E-state index in [1.165, 1.54) is 42.5 Å². The summed E-state index contributed by atoms with van der Waals surface area (Å²) in [5, 5.41) is 11.3. The third-order valence-corrected chi connectivity index (χ3v) is 3.65. The first kappa shape index (κ1) is 18.4. The van der Waals surface area contributed by atoms with Gasteiger partial charge >= 0.3 is 5.97 Å². The summed E-state index contributed by atoms with van der Waals surface area (Å²) in [6.45, 7) is -0.511. The fourth-order valence-electron chi connectivity index (χ4n) is 1.85. The van der Waals surface area contributed by atoms with E-state index in [1.54, 1.807) is 6.07 Å². The van der Waals surface area contributed by atoms with Crippen LogP contribution in [0.3, 0.4) is 0 Å². The van der Waals surface area contributed by atoms with Crippen molar-refractivity contribution in [3.8, 4) is 6.07 Å². The molecule has 25 heavy (non-hydrogen) atoms. The molecule has 0 unspecified atom stereocenters. The summed E-state index contributed by atoms with van der Waals surface area (Å²) in [6.07, 6.45) is 0. The van der Waals surface area contributed by atoms with Gasteiger partial charge in [0, 0.05) is 10.6 Å². The lowest BCUT2D eigenvalue weighted by atomic mass is 10.1. The largest absolute Gasteiger partial charge is 0.452 e. The molecule has 0 atom stereocenters. The number of carbonyl (C=O) groups excluding carboxylic acids is 2. The number of anilines is 1. The van der Waals surface area contributed by atoms with Gasteiger partial charge in [0.05, 0.1) is 17.2 Å². The summed E-state index contributed by atoms with van der Waals surface area (Å²) in [5.74, 6) is -3.81. The molecule has 1 N–H and O–H groups in total. The Morgan fingerprint density at radius 3 is 2.56 bits per heavy atom. The summed E-state index contributed by atoms with van der Waals surface area (Å²) < 4.78 is 29.3. The minimum absolute atomic E-state index is 0.167. The van der Waals surface area contributed by atoms with Crippen LogP contribution in [0.4, 0.5) is 14.5 Å². The highest BCUT2D eigenvalue weighted by Gasteiger charge is 2.11. The van der Waals surface area contributed by atoms with Gasteiger partial charge in [-0.3, -0.25) is 4.79 Å². The number of esters is 1. The third kappa shape index (κ3) is 5.90. The molecule has 8 heteroatoms. The number of benzene rings is 2. The Morgan fingerprint density at radius 2 is 1.92 bits per heavy atom. The molecule has 2 aromatic rings. The molecule has 0 heterocycles. The summed E-state index contributed by atoms with van der Waals surface area (Å²) in [6, 6.07) is 13.7. The molecule has 2 rings (SSSR count). The summed E-state index contributed by atoms with van der Waals surface area (Å²) in [7, 11) is 0. The first-order chi connectivity index (χ1) is 12.0. The predicted octanol–water partition coefficient (Wildman–Crippen LogP) is 3.67. The zero-order chi connectivity index (χ0) is 18.2. The molecule has 0 aliphatic carbocycles. The van der Waals surface area contributed by atoms with Gasteiger partial charge in [0.2, 0.25) is 0 Å². The van der Waals surface area contributed by atoms with Crippen molar-refractivity contribution < 1.29 is 23.1 Å². The van der Waals surface area contributed by atoms with E-state index in [1.807, 2.05) is 6.07 Å². The zero-order valence-electron chi connectivity index (χ0n) is 12.7. The number of hydrogen-bond acceptors (Lipinski definition) is 5. The summed E-state index contributed by atoms with van der Waals surface area (Å²) >= 11 is 0.402. The second-order valence-electron chi connectivity index (χ2n) is 4.72. The smallest absolute Gasteiger partial charge is 0.338 e. The number of thioether (sulfide) groups is 1. The van der Waals surface area contributed by atoms with Crippen LogP contribution in [0.1, 0.15) is 15.9 Å². The molecule has 0 spiro atoms. The Balaban J connectivity index is 1.85. The lowest BCUT2D eigenvalue weighted by Crippen LogP contribution is -2.20. The highest BCUT2D eigenvalue weighted by atomic mass is 32.2. The molecule has 2 aromatic carbocycles. The molecule has 0 aliphatic rings. The Hall–Kier alpha value is -2.92. The van der Waals surface area contributed by atoms with Crippen molar-refractivity contribution in [2.24, 2.45) is 0 Å². The van der Waals surface area contributed by atoms with Crippen molar-refractivity contribution in [3.63, 3.8) is 0 Å². The zero-order valence-corrected chi connectivity index (χ0v) is 13.6. The number of ether oxygens (including phenoxy) is 1. The minimum Gasteiger partial charge on any atom is -0.452 e. The van der Waals surface area contributed by atoms with E-state index in [2.05, 4.69) is 5.32 Å². The number of alkyl halides is 2. The normalized spacial score (nSPS) is 10.2. The average Bonchev–Trinajstić information content (AvgIpc) is 2.61. The molecule has 0 saturated carbocycles. The molecule has 1 amide bonds. The van der Waals surface area contributed by atoms with Crippen molar-refractivity contribution >= 4 is 29.3 Å². The van der Waals surface area contributed by atoms with Gasteiger partial charge in [-0.25, -0.2) is 4.79 Å². The van der Waals surface area contributed by atoms with E-state index in [-0.39, 0.29) is 5.56 Å². The molecule has 0 fully saturated rings. The van der Waals surface area contributed by atoms with E-state index in [9.17, 15) is 18.4 Å². The first-order valence-electron chi connectivity index (χ1n) is 7.00. The molecule has 0 saturated heterocycles. The van der Waals surface area contributed by atoms with Gasteiger partial charge in [0.25, 0.3) is 11.7 Å². The number of carbonyl (C=O) groups is 2. The van der Waals surface area contributed by atoms with Crippen molar-refractivity contribution in [3.05, 3.63) is 59.7 Å². The van der Waals surface area contributed by atoms with E-state index < -0.39 is 24.2 Å². The van der Waals surface area contributed by atoms with Gasteiger partial charge < -0.3 is 10.1 Å². The van der Waals surface area contributed by atoms with Crippen LogP contribution in [0.5, 0.6) is 0 Å². The van der Waals surface area contributed by atoms with Gasteiger partial charge in [-0.2, -0.15) is 14.0 Å². The third-order valence-electron chi connectivity index (χ3n) is 2.92. The van der Waals surface area contributed by atoms with Crippen LogP contribution in [-0.4, -0.2) is 24.2 Å². The maximum atomic E-state index is 12.2. The van der Waals surface area contributed by atoms with Gasteiger partial charge in [-0.1, -0.05) is 17.8 Å². The van der Waals surface area contributed by atoms with Gasteiger partial charge in [-0.15, -0.1) is 0 Å². The lowest BCUT2D eigenvalue weighted by molar-refractivity contribution is -0.119. The van der Waals surface area contributed by atoms with Crippen LogP contribution in [0.25, 0.3) is 0 Å². The number of amides is 1. The number of nitriles is 1. The first-order valence-corrected chi connectivity index (χ1v) is 7.88. The number of halogens is 2. The van der Waals surface area contributed by atoms with Crippen LogP contribution in [0.15, 0.2) is 53.4 Å². The van der Waals surface area contributed by atoms with Gasteiger partial charge in [0.1, 0.15) is 0 Å². The van der Waals surface area contributed by atoms with Crippen molar-refractivity contribution in [2.75, 3.05) is 11.9 Å². The van der Waals surface area contributed by atoms with E-state index in [0.29, 0.717) is 27.9 Å². The van der Waals surface area contributed by atoms with Crippen LogP contribution in [0.2, 0.25) is 0 Å². The minimum atomic E-state index is -2.51. The second kappa shape index (κ2) is 8.80. The summed E-state index contributed by atoms with van der Waals surface area (Å²) in [4.78, 5) is 24.0. The van der Waals surface area contributed by atoms with Crippen molar-refractivity contribution in [1.29, 1.82) is 5.26 Å². The molecule has 0 radical (unpaired) electrons. The average molecular weight is 362 g/mol. The molecule has 5 nitrogen and oxygen atoms in total. The van der Waals surface area contributed by atoms with Crippen LogP contribution in [0, 0.1) is 11.3 Å². The SMILES string of the molecule is N#Cc1cccc(C(=O)OCC(=O)Nc2ccc(SC(F)F)cc2)c1. The van der Waals surface area contributed by atoms with Crippen molar-refractivity contribution in [1.82, 2.24) is 0 Å². The quantitative estimate of drug-likeness (QED) is 0.627. The number of nitrogens with one attached hydrogen (secondary N) is 1. The van der Waals surface area contributed by atoms with Crippen LogP contribution < -0.4 is 5.32 Å². The van der Waals surface area contributed by atoms with Gasteiger partial charge in [-0.05, 0) is 42.5 Å². The standard InChI is InChI=1S/C17H12F2N2O3S/c18-17(19)25-14-6-4-13(5-7-14)21-15(22)10-24-16(23)12-3-1-2-11(8-12)9-20/h1-8,17H,10H2,(H,21,22). The van der Waals surface area contributed by atoms with Crippen molar-refractivity contribution in [2.45, 2.75) is 10.7 Å². The monoisotopic (exact) mass is 362 g/mol. The molecule has 0 bridgehead atoms. The fourth-order valence-corrected chi connectivity index (χ4v) is 2.35. The molecule has 128 valence electrons.